The van der Waals surface area contributed by atoms with E-state index in [2.05, 4.69) is 6.92 Å². The lowest BCUT2D eigenvalue weighted by Gasteiger charge is -2.43. The highest BCUT2D eigenvalue weighted by atomic mass is 31.2. The average Bonchev–Trinajstić information content (AvgIpc) is 2.90. The zero-order valence-corrected chi connectivity index (χ0v) is 25.3. The topological polar surface area (TPSA) is 217 Å². The van der Waals surface area contributed by atoms with Crippen LogP contribution in [0.4, 0.5) is 0 Å². The number of hydrogen-bond acceptors (Lipinski definition) is 14. The fourth-order valence-electron chi connectivity index (χ4n) is 4.28. The fourth-order valence-corrected chi connectivity index (χ4v) is 4.99. The highest BCUT2D eigenvalue weighted by Gasteiger charge is 2.47. The van der Waals surface area contributed by atoms with E-state index in [4.69, 9.17) is 28.0 Å². The van der Waals surface area contributed by atoms with Gasteiger partial charge in [0, 0.05) is 6.61 Å². The van der Waals surface area contributed by atoms with Gasteiger partial charge in [-0.3, -0.25) is 4.57 Å². The van der Waals surface area contributed by atoms with Crippen molar-refractivity contribution in [1.29, 1.82) is 0 Å². The summed E-state index contributed by atoms with van der Waals surface area (Å²) in [5.74, 6) is 0. The lowest BCUT2D eigenvalue weighted by Crippen LogP contribution is -2.61. The normalized spacial score (nSPS) is 36.3. The summed E-state index contributed by atoms with van der Waals surface area (Å²) >= 11 is 0. The number of phosphoric ester groups is 1. The van der Waals surface area contributed by atoms with E-state index in [-0.39, 0.29) is 13.2 Å². The zero-order chi connectivity index (χ0) is 30.8. The summed E-state index contributed by atoms with van der Waals surface area (Å²) in [6.45, 7) is 1.42. The smallest absolute Gasteiger partial charge is 0.268 e. The van der Waals surface area contributed by atoms with Crippen LogP contribution in [0.1, 0.15) is 45.4 Å². The minimum Gasteiger partial charge on any atom is -0.756 e. The fraction of sp³-hybridized carbons (Fsp3) is 1.00. The summed E-state index contributed by atoms with van der Waals surface area (Å²) in [6.07, 6.45) is -9.32. The minimum absolute atomic E-state index is 0.140. The maximum absolute atomic E-state index is 12.1. The third-order valence-corrected chi connectivity index (χ3v) is 7.91. The van der Waals surface area contributed by atoms with Crippen LogP contribution in [0.5, 0.6) is 0 Å². The van der Waals surface area contributed by atoms with Gasteiger partial charge in [0.1, 0.15) is 62.0 Å². The van der Waals surface area contributed by atoms with Crippen molar-refractivity contribution in [2.24, 2.45) is 0 Å². The molecule has 0 spiro atoms. The average molecular weight is 620 g/mol. The number of unbranched alkanes of at least 4 members (excludes halogenated alkanes) is 5. The molecule has 15 nitrogen and oxygen atoms in total. The van der Waals surface area contributed by atoms with Crippen molar-refractivity contribution in [3.05, 3.63) is 0 Å². The molecule has 2 heterocycles. The Balaban J connectivity index is 1.88. The van der Waals surface area contributed by atoms with Crippen molar-refractivity contribution in [3.8, 4) is 0 Å². The van der Waals surface area contributed by atoms with Crippen molar-refractivity contribution in [3.63, 3.8) is 0 Å². The van der Waals surface area contributed by atoms with Crippen LogP contribution in [0, 0.1) is 0 Å². The number of hydrogen-bond donors (Lipinski definition) is 6. The van der Waals surface area contributed by atoms with E-state index < -0.39 is 82.4 Å². The molecule has 0 amide bonds. The van der Waals surface area contributed by atoms with Crippen LogP contribution in [0.3, 0.4) is 0 Å². The van der Waals surface area contributed by atoms with Gasteiger partial charge in [-0.1, -0.05) is 39.0 Å². The van der Waals surface area contributed by atoms with Gasteiger partial charge in [0.2, 0.25) is 0 Å². The standard InChI is InChI=1S/C25H50NO14P/c1-5-6-7-8-9-10-12-35-24-22(31)20(29)18(27)16(39-24)14-36-25-23(32)21(30)19(28)17(40-25)15-38-41(33,34)37-13-11-26(2,3)4/h16-25,27-32H,5-15H2,1-4H3/t16-,17-,18+,19+,20+,21+,22-,23-,24-,25-/m1/s1. The molecule has 2 fully saturated rings. The van der Waals surface area contributed by atoms with Gasteiger partial charge in [-0.15, -0.1) is 0 Å². The Labute approximate surface area is 241 Å². The van der Waals surface area contributed by atoms with Crippen molar-refractivity contribution >= 4 is 7.82 Å². The van der Waals surface area contributed by atoms with Crippen molar-refractivity contribution in [1.82, 2.24) is 0 Å². The van der Waals surface area contributed by atoms with Gasteiger partial charge < -0.3 is 68.0 Å². The summed E-state index contributed by atoms with van der Waals surface area (Å²) in [7, 11) is 0.784. The van der Waals surface area contributed by atoms with Gasteiger partial charge >= 0.3 is 0 Å². The maximum Gasteiger partial charge on any atom is 0.268 e. The summed E-state index contributed by atoms with van der Waals surface area (Å²) < 4.78 is 44.3. The Morgan fingerprint density at radius 3 is 1.76 bits per heavy atom. The largest absolute Gasteiger partial charge is 0.756 e. The van der Waals surface area contributed by atoms with E-state index in [1.165, 1.54) is 0 Å². The predicted octanol–water partition coefficient (Wildman–Crippen LogP) is -1.80. The maximum atomic E-state index is 12.1. The van der Waals surface area contributed by atoms with Crippen LogP contribution in [0.2, 0.25) is 0 Å². The molecule has 0 aromatic carbocycles. The van der Waals surface area contributed by atoms with Gasteiger partial charge in [0.15, 0.2) is 12.6 Å². The van der Waals surface area contributed by atoms with Crippen LogP contribution in [-0.4, -0.2) is 151 Å². The van der Waals surface area contributed by atoms with E-state index in [1.54, 1.807) is 0 Å². The lowest BCUT2D eigenvalue weighted by atomic mass is 9.98. The highest BCUT2D eigenvalue weighted by Crippen LogP contribution is 2.39. The number of ether oxygens (including phenoxy) is 4. The molecule has 2 aliphatic heterocycles. The third kappa shape index (κ3) is 12.3. The molecule has 2 rings (SSSR count). The van der Waals surface area contributed by atoms with Gasteiger partial charge in [-0.2, -0.15) is 0 Å². The molecule has 2 aliphatic rings. The Bertz CT molecular complexity index is 788. The molecule has 0 aromatic rings. The Morgan fingerprint density at radius 1 is 0.683 bits per heavy atom. The molecule has 0 radical (unpaired) electrons. The summed E-state index contributed by atoms with van der Waals surface area (Å²) in [6, 6.07) is 0. The first-order chi connectivity index (χ1) is 19.2. The van der Waals surface area contributed by atoms with E-state index >= 15 is 0 Å². The number of quaternary nitrogens is 1. The van der Waals surface area contributed by atoms with Gasteiger partial charge in [-0.25, -0.2) is 0 Å². The predicted molar refractivity (Wildman–Crippen MR) is 141 cm³/mol. The van der Waals surface area contributed by atoms with E-state index in [1.807, 2.05) is 21.1 Å². The monoisotopic (exact) mass is 619 g/mol. The molecule has 0 aromatic heterocycles. The number of nitrogens with zero attached hydrogens (tertiary/aromatic N) is 1. The van der Waals surface area contributed by atoms with Crippen LogP contribution < -0.4 is 4.89 Å². The molecule has 16 heteroatoms. The van der Waals surface area contributed by atoms with Gasteiger partial charge in [-0.05, 0) is 6.42 Å². The zero-order valence-electron chi connectivity index (χ0n) is 24.4. The molecule has 244 valence electrons. The second-order valence-electron chi connectivity index (χ2n) is 11.6. The summed E-state index contributed by atoms with van der Waals surface area (Å²) in [5.41, 5.74) is 0. The number of phosphoric acid groups is 1. The first-order valence-electron chi connectivity index (χ1n) is 14.2. The minimum atomic E-state index is -4.77. The van der Waals surface area contributed by atoms with Crippen molar-refractivity contribution in [2.45, 2.75) is 107 Å². The Morgan fingerprint density at radius 2 is 1.20 bits per heavy atom. The molecule has 0 bridgehead atoms. The van der Waals surface area contributed by atoms with Crippen LogP contribution in [0.15, 0.2) is 0 Å². The SMILES string of the molecule is CCCCCCCCO[C@@H]1O[C@H](CO[C@@H]2O[C@H](COP(=O)([O-])OCC[N+](C)(C)C)[C@H](O)[C@H](O)[C@H]2O)[C@H](O)[C@H](O)[C@H]1O. The lowest BCUT2D eigenvalue weighted by molar-refractivity contribution is -0.870. The molecule has 11 atom stereocenters. The first kappa shape index (κ1) is 36.9. The van der Waals surface area contributed by atoms with Gasteiger partial charge in [0.25, 0.3) is 7.82 Å². The van der Waals surface area contributed by atoms with Gasteiger partial charge in [0.05, 0.1) is 34.4 Å². The number of rotatable bonds is 18. The number of aliphatic hydroxyl groups excluding tert-OH is 6. The molecule has 6 N–H and O–H groups in total. The quantitative estimate of drug-likeness (QED) is 0.0567. The van der Waals surface area contributed by atoms with Crippen LogP contribution >= 0.6 is 7.82 Å². The summed E-state index contributed by atoms with van der Waals surface area (Å²) in [5, 5.41) is 61.9. The molecular weight excluding hydrogens is 569 g/mol. The number of aliphatic hydroxyl groups is 6. The first-order valence-corrected chi connectivity index (χ1v) is 15.7. The number of likely N-dealkylation sites (N-methyl/N-ethyl adjacent to an activating group) is 1. The molecule has 0 aliphatic carbocycles. The van der Waals surface area contributed by atoms with E-state index in [0.29, 0.717) is 11.0 Å². The molecule has 1 unspecified atom stereocenters. The second-order valence-corrected chi connectivity index (χ2v) is 13.0. The van der Waals surface area contributed by atoms with E-state index in [9.17, 15) is 40.1 Å². The highest BCUT2D eigenvalue weighted by molar-refractivity contribution is 7.45. The Hall–Kier alpha value is -0.330. The van der Waals surface area contributed by atoms with Crippen LogP contribution in [-0.2, 0) is 32.6 Å². The molecule has 2 saturated heterocycles. The third-order valence-electron chi connectivity index (χ3n) is 6.95. The molecule has 0 saturated carbocycles. The summed E-state index contributed by atoms with van der Waals surface area (Å²) in [4.78, 5) is 12.1. The second kappa shape index (κ2) is 17.2. The molecular formula is C25H50NO14P. The van der Waals surface area contributed by atoms with Crippen molar-refractivity contribution in [2.75, 3.05) is 54.1 Å². The Kier molecular flexibility index (Phi) is 15.5. The van der Waals surface area contributed by atoms with Crippen molar-refractivity contribution < 1.29 is 72.6 Å². The van der Waals surface area contributed by atoms with E-state index in [0.717, 1.165) is 38.5 Å². The molecule has 41 heavy (non-hydrogen) atoms. The van der Waals surface area contributed by atoms with Crippen LogP contribution in [0.25, 0.3) is 0 Å².